The highest BCUT2D eigenvalue weighted by Gasteiger charge is 2.13. The summed E-state index contributed by atoms with van der Waals surface area (Å²) in [5, 5.41) is 4.84. The minimum absolute atomic E-state index is 0.00472. The third kappa shape index (κ3) is 4.07. The first-order valence-electron chi connectivity index (χ1n) is 5.26. The van der Waals surface area contributed by atoms with Crippen LogP contribution in [0, 0.1) is 5.92 Å². The second kappa shape index (κ2) is 7.30. The predicted molar refractivity (Wildman–Crippen MR) is 73.5 cm³/mol. The van der Waals surface area contributed by atoms with Crippen molar-refractivity contribution >= 4 is 44.8 Å². The van der Waals surface area contributed by atoms with E-state index in [0.717, 1.165) is 22.2 Å². The van der Waals surface area contributed by atoms with E-state index in [-0.39, 0.29) is 5.91 Å². The molecule has 1 N–H and O–H groups in total. The SMILES string of the molecule is CCC(CCCl)CNC(=O)c1sccc1Br. The number of rotatable bonds is 6. The summed E-state index contributed by atoms with van der Waals surface area (Å²) in [6.07, 6.45) is 1.99. The van der Waals surface area contributed by atoms with E-state index >= 15 is 0 Å². The molecule has 1 rings (SSSR count). The lowest BCUT2D eigenvalue weighted by molar-refractivity contribution is 0.0950. The Bertz CT molecular complexity index is 342. The van der Waals surface area contributed by atoms with Gasteiger partial charge in [-0.05, 0) is 39.7 Å². The van der Waals surface area contributed by atoms with Crippen molar-refractivity contribution < 1.29 is 4.79 Å². The molecule has 1 atom stereocenters. The monoisotopic (exact) mass is 323 g/mol. The van der Waals surface area contributed by atoms with Crippen LogP contribution in [0.2, 0.25) is 0 Å². The normalized spacial score (nSPS) is 12.4. The molecular weight excluding hydrogens is 310 g/mol. The van der Waals surface area contributed by atoms with Gasteiger partial charge >= 0.3 is 0 Å². The zero-order valence-electron chi connectivity index (χ0n) is 9.13. The van der Waals surface area contributed by atoms with Crippen molar-refractivity contribution in [1.29, 1.82) is 0 Å². The molecule has 0 radical (unpaired) electrons. The van der Waals surface area contributed by atoms with Crippen LogP contribution in [0.5, 0.6) is 0 Å². The molecule has 1 unspecified atom stereocenters. The first-order valence-corrected chi connectivity index (χ1v) is 7.46. The predicted octanol–water partition coefficient (Wildman–Crippen LogP) is 3.90. The summed E-state index contributed by atoms with van der Waals surface area (Å²) in [5.74, 6) is 1.12. The Morgan fingerprint density at radius 1 is 1.69 bits per heavy atom. The van der Waals surface area contributed by atoms with Crippen LogP contribution in [-0.4, -0.2) is 18.3 Å². The van der Waals surface area contributed by atoms with E-state index in [0.29, 0.717) is 18.3 Å². The summed E-state index contributed by atoms with van der Waals surface area (Å²) < 4.78 is 0.861. The van der Waals surface area contributed by atoms with E-state index in [9.17, 15) is 4.79 Å². The van der Waals surface area contributed by atoms with E-state index in [4.69, 9.17) is 11.6 Å². The maximum absolute atomic E-state index is 11.8. The van der Waals surface area contributed by atoms with Gasteiger partial charge in [-0.3, -0.25) is 4.79 Å². The molecule has 0 bridgehead atoms. The van der Waals surface area contributed by atoms with Gasteiger partial charge in [0, 0.05) is 16.9 Å². The van der Waals surface area contributed by atoms with Gasteiger partial charge in [0.25, 0.3) is 5.91 Å². The Kier molecular flexibility index (Phi) is 6.39. The maximum Gasteiger partial charge on any atom is 0.262 e. The zero-order valence-corrected chi connectivity index (χ0v) is 12.3. The third-order valence-corrected chi connectivity index (χ3v) is 4.52. The maximum atomic E-state index is 11.8. The van der Waals surface area contributed by atoms with E-state index in [1.165, 1.54) is 11.3 Å². The van der Waals surface area contributed by atoms with Gasteiger partial charge in [-0.25, -0.2) is 0 Å². The zero-order chi connectivity index (χ0) is 12.0. The molecule has 0 aliphatic carbocycles. The van der Waals surface area contributed by atoms with Gasteiger partial charge in [-0.2, -0.15) is 0 Å². The van der Waals surface area contributed by atoms with Crippen LogP contribution >= 0.6 is 38.9 Å². The summed E-state index contributed by atoms with van der Waals surface area (Å²) in [4.78, 5) is 12.5. The van der Waals surface area contributed by atoms with Crippen LogP contribution in [0.3, 0.4) is 0 Å². The lowest BCUT2D eigenvalue weighted by Gasteiger charge is -2.13. The molecule has 0 aliphatic heterocycles. The van der Waals surface area contributed by atoms with Gasteiger partial charge in [0.1, 0.15) is 4.88 Å². The molecule has 16 heavy (non-hydrogen) atoms. The number of halogens is 2. The van der Waals surface area contributed by atoms with Gasteiger partial charge in [0.2, 0.25) is 0 Å². The highest BCUT2D eigenvalue weighted by Crippen LogP contribution is 2.22. The Morgan fingerprint density at radius 2 is 2.44 bits per heavy atom. The average molecular weight is 325 g/mol. The number of hydrogen-bond donors (Lipinski definition) is 1. The highest BCUT2D eigenvalue weighted by atomic mass is 79.9. The van der Waals surface area contributed by atoms with Crippen molar-refractivity contribution in [1.82, 2.24) is 5.32 Å². The Labute approximate surface area is 114 Å². The van der Waals surface area contributed by atoms with Crippen molar-refractivity contribution in [2.75, 3.05) is 12.4 Å². The first kappa shape index (κ1) is 14.0. The molecule has 5 heteroatoms. The van der Waals surface area contributed by atoms with Crippen LogP contribution in [-0.2, 0) is 0 Å². The summed E-state index contributed by atoms with van der Waals surface area (Å²) >= 11 is 10.5. The lowest BCUT2D eigenvalue weighted by atomic mass is 10.0. The van der Waals surface area contributed by atoms with E-state index in [2.05, 4.69) is 28.2 Å². The van der Waals surface area contributed by atoms with Crippen LogP contribution in [0.15, 0.2) is 15.9 Å². The molecule has 1 aromatic heterocycles. The molecule has 0 saturated heterocycles. The van der Waals surface area contributed by atoms with Crippen molar-refractivity contribution in [2.45, 2.75) is 19.8 Å². The standard InChI is InChI=1S/C11H15BrClNOS/c1-2-8(3-5-13)7-14-11(15)10-9(12)4-6-16-10/h4,6,8H,2-3,5,7H2,1H3,(H,14,15). The number of amides is 1. The van der Waals surface area contributed by atoms with Gasteiger partial charge in [0.05, 0.1) is 0 Å². The van der Waals surface area contributed by atoms with Crippen LogP contribution < -0.4 is 5.32 Å². The number of carbonyl (C=O) groups is 1. The largest absolute Gasteiger partial charge is 0.351 e. The Morgan fingerprint density at radius 3 is 2.94 bits per heavy atom. The first-order chi connectivity index (χ1) is 7.69. The van der Waals surface area contributed by atoms with Gasteiger partial charge < -0.3 is 5.32 Å². The van der Waals surface area contributed by atoms with Crippen LogP contribution in [0.25, 0.3) is 0 Å². The highest BCUT2D eigenvalue weighted by molar-refractivity contribution is 9.10. The summed E-state index contributed by atoms with van der Waals surface area (Å²) in [6, 6.07) is 1.88. The molecular formula is C11H15BrClNOS. The average Bonchev–Trinajstić information content (AvgIpc) is 2.70. The minimum Gasteiger partial charge on any atom is -0.351 e. The van der Waals surface area contributed by atoms with E-state index in [1.54, 1.807) is 0 Å². The number of hydrogen-bond acceptors (Lipinski definition) is 2. The molecule has 0 aromatic carbocycles. The summed E-state index contributed by atoms with van der Waals surface area (Å²) in [6.45, 7) is 2.82. The number of thiophene rings is 1. The molecule has 0 fully saturated rings. The molecule has 90 valence electrons. The van der Waals surface area contributed by atoms with Crippen molar-refractivity contribution in [3.63, 3.8) is 0 Å². The van der Waals surface area contributed by atoms with E-state index < -0.39 is 0 Å². The van der Waals surface area contributed by atoms with Crippen molar-refractivity contribution in [3.8, 4) is 0 Å². The molecule has 1 aromatic rings. The molecule has 0 spiro atoms. The second-order valence-electron chi connectivity index (χ2n) is 3.56. The fourth-order valence-corrected chi connectivity index (χ4v) is 3.15. The smallest absolute Gasteiger partial charge is 0.262 e. The Hall–Kier alpha value is -0.0600. The quantitative estimate of drug-likeness (QED) is 0.790. The fraction of sp³-hybridized carbons (Fsp3) is 0.545. The molecule has 1 amide bonds. The van der Waals surface area contributed by atoms with Gasteiger partial charge in [0.15, 0.2) is 0 Å². The Balaban J connectivity index is 2.43. The number of carbonyl (C=O) groups excluding carboxylic acids is 1. The van der Waals surface area contributed by atoms with Crippen LogP contribution in [0.1, 0.15) is 29.4 Å². The van der Waals surface area contributed by atoms with Crippen molar-refractivity contribution in [3.05, 3.63) is 20.8 Å². The minimum atomic E-state index is -0.00472. The second-order valence-corrected chi connectivity index (χ2v) is 5.71. The number of nitrogens with one attached hydrogen (secondary N) is 1. The van der Waals surface area contributed by atoms with Gasteiger partial charge in [-0.1, -0.05) is 13.3 Å². The molecule has 0 aliphatic rings. The summed E-state index contributed by atoms with van der Waals surface area (Å²) in [7, 11) is 0. The number of alkyl halides is 1. The molecule has 2 nitrogen and oxygen atoms in total. The fourth-order valence-electron chi connectivity index (χ4n) is 1.38. The van der Waals surface area contributed by atoms with E-state index in [1.807, 2.05) is 11.4 Å². The van der Waals surface area contributed by atoms with Crippen LogP contribution in [0.4, 0.5) is 0 Å². The van der Waals surface area contributed by atoms with Crippen molar-refractivity contribution in [2.24, 2.45) is 5.92 Å². The topological polar surface area (TPSA) is 29.1 Å². The van der Waals surface area contributed by atoms with Gasteiger partial charge in [-0.15, -0.1) is 22.9 Å². The third-order valence-electron chi connectivity index (χ3n) is 2.47. The molecule has 1 heterocycles. The summed E-state index contributed by atoms with van der Waals surface area (Å²) in [5.41, 5.74) is 0. The molecule has 0 saturated carbocycles. The lowest BCUT2D eigenvalue weighted by Crippen LogP contribution is -2.28.